The van der Waals surface area contributed by atoms with E-state index in [1.165, 1.54) is 0 Å². The second-order valence-electron chi connectivity index (χ2n) is 3.86. The van der Waals surface area contributed by atoms with Gasteiger partial charge in [0.1, 0.15) is 17.6 Å². The van der Waals surface area contributed by atoms with Crippen molar-refractivity contribution in [3.63, 3.8) is 0 Å². The molecule has 0 spiro atoms. The van der Waals surface area contributed by atoms with Crippen LogP contribution in [-0.4, -0.2) is 40.0 Å². The number of rotatable bonds is 7. The van der Waals surface area contributed by atoms with Gasteiger partial charge in [-0.2, -0.15) is 0 Å². The van der Waals surface area contributed by atoms with E-state index in [2.05, 4.69) is 15.6 Å². The molecule has 0 bridgehead atoms. The SMILES string of the molecule is CCCNC(=O)CNc1ncc([N+](=O)[O-])cc1C(=O)O. The van der Waals surface area contributed by atoms with Gasteiger partial charge in [0.2, 0.25) is 5.91 Å². The van der Waals surface area contributed by atoms with Crippen LogP contribution in [0.2, 0.25) is 0 Å². The summed E-state index contributed by atoms with van der Waals surface area (Å²) in [4.78, 5) is 35.9. The zero-order valence-electron chi connectivity index (χ0n) is 10.8. The molecule has 1 heterocycles. The molecule has 1 aromatic heterocycles. The minimum Gasteiger partial charge on any atom is -0.478 e. The Bertz CT molecular complexity index is 532. The first-order chi connectivity index (χ1) is 9.45. The van der Waals surface area contributed by atoms with E-state index >= 15 is 0 Å². The lowest BCUT2D eigenvalue weighted by Gasteiger charge is -2.08. The van der Waals surface area contributed by atoms with Crippen LogP contribution in [0.3, 0.4) is 0 Å². The smallest absolute Gasteiger partial charge is 0.339 e. The highest BCUT2D eigenvalue weighted by Crippen LogP contribution is 2.18. The van der Waals surface area contributed by atoms with E-state index in [0.29, 0.717) is 6.54 Å². The molecule has 0 aliphatic rings. The van der Waals surface area contributed by atoms with Crippen LogP contribution < -0.4 is 10.6 Å². The third-order valence-corrected chi connectivity index (χ3v) is 2.30. The van der Waals surface area contributed by atoms with Crippen LogP contribution in [0.25, 0.3) is 0 Å². The summed E-state index contributed by atoms with van der Waals surface area (Å²) in [6, 6.07) is 0.890. The second-order valence-corrected chi connectivity index (χ2v) is 3.86. The third-order valence-electron chi connectivity index (χ3n) is 2.30. The van der Waals surface area contributed by atoms with E-state index in [4.69, 9.17) is 5.11 Å². The lowest BCUT2D eigenvalue weighted by atomic mass is 10.2. The number of nitrogens with one attached hydrogen (secondary N) is 2. The quantitative estimate of drug-likeness (QED) is 0.493. The van der Waals surface area contributed by atoms with Crippen molar-refractivity contribution < 1.29 is 19.6 Å². The Kier molecular flexibility index (Phi) is 5.39. The van der Waals surface area contributed by atoms with Crippen LogP contribution in [0.1, 0.15) is 23.7 Å². The number of carboxylic acids is 1. The molecule has 9 heteroatoms. The molecule has 0 unspecified atom stereocenters. The first-order valence-corrected chi connectivity index (χ1v) is 5.84. The number of aromatic carboxylic acids is 1. The van der Waals surface area contributed by atoms with Crippen molar-refractivity contribution in [1.29, 1.82) is 0 Å². The number of carboxylic acid groups (broad SMARTS) is 1. The van der Waals surface area contributed by atoms with E-state index in [1.807, 2.05) is 6.92 Å². The summed E-state index contributed by atoms with van der Waals surface area (Å²) in [6.07, 6.45) is 1.71. The number of anilines is 1. The number of nitrogens with zero attached hydrogens (tertiary/aromatic N) is 2. The number of carbonyl (C=O) groups excluding carboxylic acids is 1. The van der Waals surface area contributed by atoms with E-state index in [9.17, 15) is 19.7 Å². The lowest BCUT2D eigenvalue weighted by Crippen LogP contribution is -2.30. The Labute approximate surface area is 114 Å². The molecule has 0 aliphatic carbocycles. The van der Waals surface area contributed by atoms with Gasteiger partial charge in [-0.15, -0.1) is 0 Å². The highest BCUT2D eigenvalue weighted by Gasteiger charge is 2.17. The zero-order valence-corrected chi connectivity index (χ0v) is 10.8. The summed E-state index contributed by atoms with van der Waals surface area (Å²) < 4.78 is 0. The number of amides is 1. The van der Waals surface area contributed by atoms with E-state index < -0.39 is 16.6 Å². The van der Waals surface area contributed by atoms with E-state index in [0.717, 1.165) is 18.7 Å². The van der Waals surface area contributed by atoms with Crippen LogP contribution in [-0.2, 0) is 4.79 Å². The van der Waals surface area contributed by atoms with Gasteiger partial charge in [0, 0.05) is 12.6 Å². The Morgan fingerprint density at radius 2 is 2.20 bits per heavy atom. The number of aromatic nitrogens is 1. The summed E-state index contributed by atoms with van der Waals surface area (Å²) in [6.45, 7) is 2.25. The van der Waals surface area contributed by atoms with Crippen molar-refractivity contribution in [3.8, 4) is 0 Å². The average molecular weight is 282 g/mol. The molecule has 3 N–H and O–H groups in total. The summed E-state index contributed by atoms with van der Waals surface area (Å²) in [5, 5.41) is 24.7. The number of hydrogen-bond acceptors (Lipinski definition) is 6. The van der Waals surface area contributed by atoms with Crippen LogP contribution in [0.5, 0.6) is 0 Å². The van der Waals surface area contributed by atoms with Gasteiger partial charge in [-0.25, -0.2) is 9.78 Å². The molecular formula is C11H14N4O5. The van der Waals surface area contributed by atoms with Crippen molar-refractivity contribution in [2.75, 3.05) is 18.4 Å². The summed E-state index contributed by atoms with van der Waals surface area (Å²) in [7, 11) is 0. The minimum absolute atomic E-state index is 0.0882. The number of carbonyl (C=O) groups is 2. The summed E-state index contributed by atoms with van der Waals surface area (Å²) >= 11 is 0. The molecule has 1 aromatic rings. The van der Waals surface area contributed by atoms with Gasteiger partial charge in [-0.05, 0) is 6.42 Å². The second kappa shape index (κ2) is 7.02. The fourth-order valence-electron chi connectivity index (χ4n) is 1.35. The molecule has 0 fully saturated rings. The molecule has 1 rings (SSSR count). The van der Waals surface area contributed by atoms with Crippen molar-refractivity contribution in [3.05, 3.63) is 27.9 Å². The van der Waals surface area contributed by atoms with Gasteiger partial charge in [0.25, 0.3) is 5.69 Å². The van der Waals surface area contributed by atoms with Gasteiger partial charge in [-0.3, -0.25) is 14.9 Å². The molecule has 108 valence electrons. The highest BCUT2D eigenvalue weighted by atomic mass is 16.6. The van der Waals surface area contributed by atoms with Gasteiger partial charge in [-0.1, -0.05) is 6.92 Å². The van der Waals surface area contributed by atoms with Crippen molar-refractivity contribution in [2.24, 2.45) is 0 Å². The maximum atomic E-state index is 11.4. The molecule has 0 radical (unpaired) electrons. The normalized spacial score (nSPS) is 9.85. The number of hydrogen-bond donors (Lipinski definition) is 3. The van der Waals surface area contributed by atoms with Crippen LogP contribution >= 0.6 is 0 Å². The number of pyridine rings is 1. The average Bonchev–Trinajstić information content (AvgIpc) is 2.42. The molecular weight excluding hydrogens is 268 g/mol. The van der Waals surface area contributed by atoms with Crippen molar-refractivity contribution in [2.45, 2.75) is 13.3 Å². The summed E-state index contributed by atoms with van der Waals surface area (Å²) in [5.41, 5.74) is -0.786. The van der Waals surface area contributed by atoms with Gasteiger partial charge in [0.05, 0.1) is 11.5 Å². The Balaban J connectivity index is 2.81. The maximum Gasteiger partial charge on any atom is 0.339 e. The van der Waals surface area contributed by atoms with Crippen LogP contribution in [0, 0.1) is 10.1 Å². The topological polar surface area (TPSA) is 134 Å². The first kappa shape index (κ1) is 15.3. The molecule has 9 nitrogen and oxygen atoms in total. The largest absolute Gasteiger partial charge is 0.478 e. The molecule has 0 aliphatic heterocycles. The Morgan fingerprint density at radius 3 is 2.75 bits per heavy atom. The maximum absolute atomic E-state index is 11.4. The fraction of sp³-hybridized carbons (Fsp3) is 0.364. The first-order valence-electron chi connectivity index (χ1n) is 5.84. The van der Waals surface area contributed by atoms with E-state index in [1.54, 1.807) is 0 Å². The van der Waals surface area contributed by atoms with Gasteiger partial charge < -0.3 is 15.7 Å². The van der Waals surface area contributed by atoms with Crippen molar-refractivity contribution >= 4 is 23.4 Å². The van der Waals surface area contributed by atoms with Gasteiger partial charge in [0.15, 0.2) is 0 Å². The van der Waals surface area contributed by atoms with E-state index in [-0.39, 0.29) is 23.8 Å². The molecule has 20 heavy (non-hydrogen) atoms. The Morgan fingerprint density at radius 1 is 1.50 bits per heavy atom. The monoisotopic (exact) mass is 282 g/mol. The highest BCUT2D eigenvalue weighted by molar-refractivity contribution is 5.94. The lowest BCUT2D eigenvalue weighted by molar-refractivity contribution is -0.385. The number of nitro groups is 1. The molecule has 0 saturated carbocycles. The van der Waals surface area contributed by atoms with Crippen molar-refractivity contribution in [1.82, 2.24) is 10.3 Å². The fourth-order valence-corrected chi connectivity index (χ4v) is 1.35. The zero-order chi connectivity index (χ0) is 15.1. The minimum atomic E-state index is -1.36. The molecule has 0 aromatic carbocycles. The predicted molar refractivity (Wildman–Crippen MR) is 69.6 cm³/mol. The summed E-state index contributed by atoms with van der Waals surface area (Å²) in [5.74, 6) is -1.77. The predicted octanol–water partition coefficient (Wildman–Crippen LogP) is 0.626. The third kappa shape index (κ3) is 4.19. The molecule has 0 saturated heterocycles. The molecule has 1 amide bonds. The standard InChI is InChI=1S/C11H14N4O5/c1-2-3-12-9(16)6-14-10-8(11(17)18)4-7(5-13-10)15(19)20/h4-5H,2-3,6H2,1H3,(H,12,16)(H,13,14)(H,17,18). The van der Waals surface area contributed by atoms with Gasteiger partial charge >= 0.3 is 5.97 Å². The van der Waals surface area contributed by atoms with Crippen LogP contribution in [0.15, 0.2) is 12.3 Å². The van der Waals surface area contributed by atoms with Crippen LogP contribution in [0.4, 0.5) is 11.5 Å². The molecule has 0 atom stereocenters. The Hall–Kier alpha value is -2.71.